The largest absolute Gasteiger partial charge is 0.459 e. The van der Waals surface area contributed by atoms with Gasteiger partial charge >= 0.3 is 5.97 Å². The van der Waals surface area contributed by atoms with E-state index in [4.69, 9.17) is 4.74 Å². The molecule has 0 saturated heterocycles. The van der Waals surface area contributed by atoms with Crippen LogP contribution in [0.3, 0.4) is 0 Å². The maximum atomic E-state index is 12.2. The molecule has 2 atom stereocenters. The Morgan fingerprint density at radius 1 is 1.08 bits per heavy atom. The molecule has 4 heteroatoms. The molecule has 0 aliphatic carbocycles. The van der Waals surface area contributed by atoms with Crippen molar-refractivity contribution in [3.63, 3.8) is 0 Å². The zero-order valence-corrected chi connectivity index (χ0v) is 17.9. The number of carbonyl (C=O) groups excluding carboxylic acids is 1. The second-order valence-electron chi connectivity index (χ2n) is 8.41. The van der Waals surface area contributed by atoms with Gasteiger partial charge in [0, 0.05) is 0 Å². The van der Waals surface area contributed by atoms with E-state index < -0.39 is 31.7 Å². The van der Waals surface area contributed by atoms with E-state index in [1.54, 1.807) is 20.8 Å². The van der Waals surface area contributed by atoms with Crippen molar-refractivity contribution in [2.24, 2.45) is 5.92 Å². The number of carbonyl (C=O) groups is 1. The summed E-state index contributed by atoms with van der Waals surface area (Å²) in [6, 6.07) is 0. The summed E-state index contributed by atoms with van der Waals surface area (Å²) in [5, 5.41) is 10.5. The maximum Gasteiger partial charge on any atom is 0.316 e. The minimum Gasteiger partial charge on any atom is -0.459 e. The van der Waals surface area contributed by atoms with Crippen molar-refractivity contribution in [3.8, 4) is 11.5 Å². The molecule has 0 bridgehead atoms. The smallest absolute Gasteiger partial charge is 0.316 e. The van der Waals surface area contributed by atoms with Crippen LogP contribution in [0.15, 0.2) is 12.7 Å². The van der Waals surface area contributed by atoms with E-state index in [2.05, 4.69) is 59.6 Å². The number of aliphatic hydroxyl groups is 1. The second kappa shape index (κ2) is 8.87. The predicted octanol–water partition coefficient (Wildman–Crippen LogP) is 4.71. The third kappa shape index (κ3) is 5.79. The lowest BCUT2D eigenvalue weighted by Gasteiger charge is -2.38. The molecule has 138 valence electrons. The van der Waals surface area contributed by atoms with Gasteiger partial charge in [0.25, 0.3) is 0 Å². The van der Waals surface area contributed by atoms with Gasteiger partial charge in [-0.25, -0.2) is 0 Å². The number of hydrogen-bond acceptors (Lipinski definition) is 3. The molecule has 0 saturated carbocycles. The molecule has 0 spiro atoms. The van der Waals surface area contributed by atoms with E-state index in [1.807, 2.05) is 0 Å². The summed E-state index contributed by atoms with van der Waals surface area (Å²) in [7, 11) is -1.94. The summed E-state index contributed by atoms with van der Waals surface area (Å²) < 4.78 is 5.36. The van der Waals surface area contributed by atoms with Gasteiger partial charge in [0.15, 0.2) is 0 Å². The first-order chi connectivity index (χ1) is 10.8. The average Bonchev–Trinajstić information content (AvgIpc) is 2.36. The van der Waals surface area contributed by atoms with Crippen molar-refractivity contribution in [2.75, 3.05) is 0 Å². The minimum atomic E-state index is -1.94. The molecule has 0 rings (SSSR count). The Hall–Kier alpha value is -1.05. The first-order valence-corrected chi connectivity index (χ1v) is 11.1. The Bertz CT molecular complexity index is 467. The SMILES string of the molecule is C=C[C@@H](C(=O)OC(C)(C)C)[C@H](O)C#C[Si](C(C)C)(C(C)C)C(C)C. The number of aliphatic hydroxyl groups excluding tert-OH is 1. The summed E-state index contributed by atoms with van der Waals surface area (Å²) in [5.41, 5.74) is 4.27. The topological polar surface area (TPSA) is 46.5 Å². The van der Waals surface area contributed by atoms with Crippen LogP contribution in [0.2, 0.25) is 16.6 Å². The molecule has 0 aliphatic rings. The average molecular weight is 353 g/mol. The summed E-state index contributed by atoms with van der Waals surface area (Å²) in [4.78, 5) is 12.2. The standard InChI is InChI=1S/C20H36O3Si/c1-11-17(19(22)23-20(8,9)10)18(21)12-13-24(14(2)3,15(4)5)16(6)7/h11,14-18,21H,1H2,2-10H3/t17-,18-/m1/s1. The highest BCUT2D eigenvalue weighted by atomic mass is 28.3. The molecule has 0 aromatic rings. The Morgan fingerprint density at radius 3 is 1.79 bits per heavy atom. The van der Waals surface area contributed by atoms with Crippen LogP contribution in [-0.2, 0) is 9.53 Å². The van der Waals surface area contributed by atoms with E-state index >= 15 is 0 Å². The van der Waals surface area contributed by atoms with Crippen molar-refractivity contribution < 1.29 is 14.6 Å². The Morgan fingerprint density at radius 2 is 1.50 bits per heavy atom. The van der Waals surface area contributed by atoms with Crippen LogP contribution in [0.25, 0.3) is 0 Å². The number of ether oxygens (including phenoxy) is 1. The molecule has 0 fully saturated rings. The summed E-state index contributed by atoms with van der Waals surface area (Å²) >= 11 is 0. The molecule has 0 amide bonds. The lowest BCUT2D eigenvalue weighted by molar-refractivity contribution is -0.160. The Balaban J connectivity index is 5.59. The maximum absolute atomic E-state index is 12.2. The summed E-state index contributed by atoms with van der Waals surface area (Å²) in [6.45, 7) is 22.4. The van der Waals surface area contributed by atoms with Crippen molar-refractivity contribution in [1.29, 1.82) is 0 Å². The van der Waals surface area contributed by atoms with Gasteiger partial charge in [-0.05, 0) is 37.4 Å². The summed E-state index contributed by atoms with van der Waals surface area (Å²) in [6.07, 6.45) is 0.344. The van der Waals surface area contributed by atoms with Gasteiger partial charge in [0.2, 0.25) is 0 Å². The Kier molecular flexibility index (Phi) is 8.48. The van der Waals surface area contributed by atoms with Gasteiger partial charge < -0.3 is 9.84 Å². The normalized spacial score (nSPS) is 15.0. The van der Waals surface area contributed by atoms with Gasteiger partial charge in [-0.1, -0.05) is 53.5 Å². The zero-order valence-electron chi connectivity index (χ0n) is 16.9. The monoisotopic (exact) mass is 352 g/mol. The van der Waals surface area contributed by atoms with Crippen LogP contribution >= 0.6 is 0 Å². The molecule has 3 nitrogen and oxygen atoms in total. The van der Waals surface area contributed by atoms with Gasteiger partial charge in [-0.3, -0.25) is 4.79 Å². The number of hydrogen-bond donors (Lipinski definition) is 1. The molecule has 0 aliphatic heterocycles. The first-order valence-electron chi connectivity index (χ1n) is 8.85. The van der Waals surface area contributed by atoms with Crippen molar-refractivity contribution in [1.82, 2.24) is 0 Å². The van der Waals surface area contributed by atoms with Gasteiger partial charge in [-0.2, -0.15) is 0 Å². The van der Waals surface area contributed by atoms with Crippen LogP contribution in [-0.4, -0.2) is 30.9 Å². The van der Waals surface area contributed by atoms with Crippen LogP contribution in [0.1, 0.15) is 62.3 Å². The van der Waals surface area contributed by atoms with Crippen molar-refractivity contribution >= 4 is 14.0 Å². The highest BCUT2D eigenvalue weighted by molar-refractivity contribution is 6.90. The van der Waals surface area contributed by atoms with Gasteiger partial charge in [0.05, 0.1) is 0 Å². The number of esters is 1. The van der Waals surface area contributed by atoms with Crippen molar-refractivity contribution in [3.05, 3.63) is 12.7 Å². The molecule has 0 aromatic heterocycles. The quantitative estimate of drug-likeness (QED) is 0.326. The molecule has 0 unspecified atom stereocenters. The lowest BCUT2D eigenvalue weighted by Crippen LogP contribution is -2.43. The third-order valence-electron chi connectivity index (χ3n) is 4.58. The molecule has 0 radical (unpaired) electrons. The molecule has 0 heterocycles. The fourth-order valence-corrected chi connectivity index (χ4v) is 8.71. The minimum absolute atomic E-state index is 0.473. The van der Waals surface area contributed by atoms with E-state index in [0.29, 0.717) is 16.6 Å². The number of rotatable bonds is 6. The second-order valence-corrected chi connectivity index (χ2v) is 14.0. The lowest BCUT2D eigenvalue weighted by atomic mass is 10.0. The van der Waals surface area contributed by atoms with Crippen LogP contribution in [0.5, 0.6) is 0 Å². The molecule has 24 heavy (non-hydrogen) atoms. The highest BCUT2D eigenvalue weighted by Gasteiger charge is 2.42. The van der Waals surface area contributed by atoms with Crippen LogP contribution in [0, 0.1) is 17.4 Å². The van der Waals surface area contributed by atoms with Crippen LogP contribution in [0.4, 0.5) is 0 Å². The Labute approximate surface area is 149 Å². The van der Waals surface area contributed by atoms with Gasteiger partial charge in [-0.15, -0.1) is 12.1 Å². The zero-order chi connectivity index (χ0) is 19.3. The molecule has 0 aromatic carbocycles. The van der Waals surface area contributed by atoms with Crippen molar-refractivity contribution in [2.45, 2.75) is 90.6 Å². The van der Waals surface area contributed by atoms with Crippen LogP contribution < -0.4 is 0 Å². The molecular formula is C20H36O3Si. The van der Waals surface area contributed by atoms with E-state index in [0.717, 1.165) is 0 Å². The molecular weight excluding hydrogens is 316 g/mol. The summed E-state index contributed by atoms with van der Waals surface area (Å²) in [5.74, 6) is 1.67. The fraction of sp³-hybridized carbons (Fsp3) is 0.750. The highest BCUT2D eigenvalue weighted by Crippen LogP contribution is 2.40. The van der Waals surface area contributed by atoms with Gasteiger partial charge in [0.1, 0.15) is 25.7 Å². The van der Waals surface area contributed by atoms with E-state index in [-0.39, 0.29) is 0 Å². The predicted molar refractivity (Wildman–Crippen MR) is 104 cm³/mol. The third-order valence-corrected chi connectivity index (χ3v) is 10.9. The van der Waals surface area contributed by atoms with E-state index in [1.165, 1.54) is 6.08 Å². The van der Waals surface area contributed by atoms with E-state index in [9.17, 15) is 9.90 Å². The fourth-order valence-electron chi connectivity index (χ4n) is 3.45. The molecule has 1 N–H and O–H groups in total. The first kappa shape index (κ1) is 22.9.